The van der Waals surface area contributed by atoms with Crippen LogP contribution >= 0.6 is 11.3 Å². The molecule has 0 bridgehead atoms. The van der Waals surface area contributed by atoms with Gasteiger partial charge < -0.3 is 0 Å². The molecule has 4 aromatic rings. The summed E-state index contributed by atoms with van der Waals surface area (Å²) in [6.07, 6.45) is 3.66. The van der Waals surface area contributed by atoms with Gasteiger partial charge in [-0.25, -0.2) is 9.38 Å². The van der Waals surface area contributed by atoms with Gasteiger partial charge in [0, 0.05) is 5.56 Å². The number of hydrogen-bond acceptors (Lipinski definition) is 3. The second-order valence-corrected chi connectivity index (χ2v) is 9.59. The normalized spacial score (nSPS) is 17.3. The number of benzene rings is 3. The van der Waals surface area contributed by atoms with Gasteiger partial charge in [0.05, 0.1) is 16.3 Å². The van der Waals surface area contributed by atoms with Crippen LogP contribution in [0.4, 0.5) is 4.39 Å². The lowest BCUT2D eigenvalue weighted by Gasteiger charge is -2.30. The van der Waals surface area contributed by atoms with Gasteiger partial charge in [0.2, 0.25) is 0 Å². The Labute approximate surface area is 194 Å². The molecular formula is C28H21FN2OS. The van der Waals surface area contributed by atoms with Gasteiger partial charge in [-0.3, -0.25) is 9.36 Å². The molecule has 2 aliphatic rings. The van der Waals surface area contributed by atoms with Crippen LogP contribution < -0.4 is 14.9 Å². The zero-order valence-electron chi connectivity index (χ0n) is 18.1. The van der Waals surface area contributed by atoms with E-state index in [1.165, 1.54) is 29.0 Å². The van der Waals surface area contributed by atoms with Gasteiger partial charge in [-0.2, -0.15) is 0 Å². The van der Waals surface area contributed by atoms with E-state index in [9.17, 15) is 9.18 Å². The third kappa shape index (κ3) is 3.40. The fourth-order valence-electron chi connectivity index (χ4n) is 4.88. The van der Waals surface area contributed by atoms with Gasteiger partial charge in [0.25, 0.3) is 5.56 Å². The number of nitrogens with zero attached hydrogens (tertiary/aromatic N) is 2. The quantitative estimate of drug-likeness (QED) is 0.432. The maximum Gasteiger partial charge on any atom is 0.271 e. The van der Waals surface area contributed by atoms with Gasteiger partial charge in [-0.1, -0.05) is 77.6 Å². The number of aryl methyl sites for hydroxylation is 2. The van der Waals surface area contributed by atoms with E-state index in [4.69, 9.17) is 4.99 Å². The van der Waals surface area contributed by atoms with Crippen LogP contribution in [-0.4, -0.2) is 4.57 Å². The maximum absolute atomic E-state index is 13.7. The molecule has 1 atom stereocenters. The van der Waals surface area contributed by atoms with Crippen molar-refractivity contribution in [2.75, 3.05) is 0 Å². The molecule has 0 saturated heterocycles. The number of rotatable bonds is 2. The smallest absolute Gasteiger partial charge is 0.271 e. The van der Waals surface area contributed by atoms with Crippen molar-refractivity contribution < 1.29 is 4.39 Å². The zero-order valence-corrected chi connectivity index (χ0v) is 18.9. The number of allylic oxidation sites excluding steroid dienone is 1. The van der Waals surface area contributed by atoms with E-state index < -0.39 is 0 Å². The molecular weight excluding hydrogens is 431 g/mol. The van der Waals surface area contributed by atoms with E-state index in [-0.39, 0.29) is 17.4 Å². The minimum atomic E-state index is -0.287. The lowest BCUT2D eigenvalue weighted by molar-refractivity contribution is 0.581. The first-order chi connectivity index (χ1) is 16.1. The Morgan fingerprint density at radius 1 is 1.03 bits per heavy atom. The summed E-state index contributed by atoms with van der Waals surface area (Å²) in [6, 6.07) is 22.7. The predicted molar refractivity (Wildman–Crippen MR) is 130 cm³/mol. The molecule has 3 aromatic carbocycles. The Morgan fingerprint density at radius 3 is 2.67 bits per heavy atom. The van der Waals surface area contributed by atoms with E-state index in [0.717, 1.165) is 46.4 Å². The number of hydrogen-bond donors (Lipinski definition) is 0. The van der Waals surface area contributed by atoms with E-state index >= 15 is 0 Å². The molecule has 33 heavy (non-hydrogen) atoms. The van der Waals surface area contributed by atoms with Crippen molar-refractivity contribution in [3.8, 4) is 0 Å². The van der Waals surface area contributed by atoms with Crippen molar-refractivity contribution in [1.29, 1.82) is 0 Å². The molecule has 0 spiro atoms. The fourth-order valence-corrected chi connectivity index (χ4v) is 5.88. The molecule has 0 radical (unpaired) electrons. The molecule has 2 heterocycles. The molecule has 0 N–H and O–H groups in total. The number of aromatic nitrogens is 1. The molecule has 0 fully saturated rings. The molecule has 1 aliphatic heterocycles. The van der Waals surface area contributed by atoms with Crippen LogP contribution in [0.2, 0.25) is 0 Å². The Balaban J connectivity index is 1.63. The Bertz CT molecular complexity index is 1610. The van der Waals surface area contributed by atoms with Gasteiger partial charge >= 0.3 is 0 Å². The van der Waals surface area contributed by atoms with Crippen LogP contribution in [0.25, 0.3) is 11.8 Å². The summed E-state index contributed by atoms with van der Waals surface area (Å²) < 4.78 is 16.2. The number of halogens is 1. The third-order valence-electron chi connectivity index (χ3n) is 6.40. The Morgan fingerprint density at radius 2 is 1.85 bits per heavy atom. The molecule has 0 unspecified atom stereocenters. The second kappa shape index (κ2) is 7.78. The van der Waals surface area contributed by atoms with Gasteiger partial charge in [0.15, 0.2) is 4.80 Å². The monoisotopic (exact) mass is 452 g/mol. The van der Waals surface area contributed by atoms with Gasteiger partial charge in [0.1, 0.15) is 5.82 Å². The highest BCUT2D eigenvalue weighted by Crippen LogP contribution is 2.41. The minimum Gasteiger partial charge on any atom is -0.272 e. The summed E-state index contributed by atoms with van der Waals surface area (Å²) in [7, 11) is 0. The summed E-state index contributed by atoms with van der Waals surface area (Å²) in [5, 5.41) is 0. The first-order valence-electron chi connectivity index (χ1n) is 11.0. The topological polar surface area (TPSA) is 34.4 Å². The lowest BCUT2D eigenvalue weighted by Crippen LogP contribution is -2.38. The van der Waals surface area contributed by atoms with Crippen molar-refractivity contribution >= 4 is 23.1 Å². The van der Waals surface area contributed by atoms with Crippen molar-refractivity contribution in [3.63, 3.8) is 0 Å². The zero-order chi connectivity index (χ0) is 22.5. The highest BCUT2D eigenvalue weighted by atomic mass is 32.1. The first-order valence-corrected chi connectivity index (χ1v) is 11.9. The summed E-state index contributed by atoms with van der Waals surface area (Å²) in [4.78, 5) is 19.4. The van der Waals surface area contributed by atoms with E-state index in [2.05, 4.69) is 24.3 Å². The molecule has 3 nitrogen and oxygen atoms in total. The summed E-state index contributed by atoms with van der Waals surface area (Å²) in [5.41, 5.74) is 7.46. The van der Waals surface area contributed by atoms with Crippen molar-refractivity contribution in [1.82, 2.24) is 4.57 Å². The predicted octanol–water partition coefficient (Wildman–Crippen LogP) is 4.77. The molecule has 5 heteroatoms. The Kier molecular flexibility index (Phi) is 4.73. The molecule has 162 valence electrons. The summed E-state index contributed by atoms with van der Waals surface area (Å²) in [6.45, 7) is 2.04. The van der Waals surface area contributed by atoms with E-state index in [1.807, 2.05) is 37.3 Å². The molecule has 1 aliphatic carbocycles. The van der Waals surface area contributed by atoms with E-state index in [1.54, 1.807) is 16.7 Å². The van der Waals surface area contributed by atoms with Crippen molar-refractivity contribution in [2.24, 2.45) is 4.99 Å². The van der Waals surface area contributed by atoms with Crippen LogP contribution in [0, 0.1) is 12.7 Å². The summed E-state index contributed by atoms with van der Waals surface area (Å²) in [5.74, 6) is -0.284. The maximum atomic E-state index is 13.7. The van der Waals surface area contributed by atoms with Gasteiger partial charge in [-0.15, -0.1) is 0 Å². The number of thiazole rings is 1. The standard InChI is InChI=1S/C28H21FN2OS/c1-17-5-4-6-18(15-17)16-24-27(32)31-26(20-9-12-21(29)13-10-20)23-14-11-19-7-2-3-8-22(19)25(23)30-28(31)33-24/h2-10,12-13,15-16,26H,11,14H2,1H3/b24-16-/t26-/m1/s1. The first kappa shape index (κ1) is 20.1. The number of fused-ring (bicyclic) bond motifs is 3. The lowest BCUT2D eigenvalue weighted by atomic mass is 9.83. The second-order valence-electron chi connectivity index (χ2n) is 8.58. The van der Waals surface area contributed by atoms with Crippen LogP contribution in [0.15, 0.2) is 88.2 Å². The average molecular weight is 453 g/mol. The van der Waals surface area contributed by atoms with Crippen LogP contribution in [0.5, 0.6) is 0 Å². The molecule has 1 aromatic heterocycles. The highest BCUT2D eigenvalue weighted by molar-refractivity contribution is 7.07. The molecule has 6 rings (SSSR count). The highest BCUT2D eigenvalue weighted by Gasteiger charge is 2.32. The largest absolute Gasteiger partial charge is 0.272 e. The Hall–Kier alpha value is -3.57. The molecule has 0 amide bonds. The van der Waals surface area contributed by atoms with Crippen LogP contribution in [0.3, 0.4) is 0 Å². The van der Waals surface area contributed by atoms with Crippen LogP contribution in [-0.2, 0) is 6.42 Å². The van der Waals surface area contributed by atoms with Crippen molar-refractivity contribution in [3.05, 3.63) is 132 Å². The fraction of sp³-hybridized carbons (Fsp3) is 0.143. The molecule has 0 saturated carbocycles. The summed E-state index contributed by atoms with van der Waals surface area (Å²) >= 11 is 1.41. The van der Waals surface area contributed by atoms with Gasteiger partial charge in [-0.05, 0) is 60.2 Å². The van der Waals surface area contributed by atoms with Crippen molar-refractivity contribution in [2.45, 2.75) is 25.8 Å². The SMILES string of the molecule is Cc1cccc(/C=c2\sc3n(c2=O)[C@H](c2ccc(F)cc2)C2=C(N=3)c3ccccc3CC2)c1. The third-order valence-corrected chi connectivity index (χ3v) is 7.38. The minimum absolute atomic E-state index is 0.0556. The van der Waals surface area contributed by atoms with E-state index in [0.29, 0.717) is 9.33 Å². The van der Waals surface area contributed by atoms with Crippen LogP contribution in [0.1, 0.15) is 40.3 Å². The average Bonchev–Trinajstić information content (AvgIpc) is 3.13.